The van der Waals surface area contributed by atoms with E-state index in [-0.39, 0.29) is 0 Å². The molecule has 1 N–H and O–H groups in total. The largest absolute Gasteiger partial charge is 0.494 e. The topological polar surface area (TPSA) is 29.5 Å². The average molecular weight is 229 g/mol. The van der Waals surface area contributed by atoms with Crippen LogP contribution in [0.4, 0.5) is 0 Å². The highest BCUT2D eigenvalue weighted by atomic mass is 35.5. The predicted molar refractivity (Wildman–Crippen MR) is 62.5 cm³/mol. The second kappa shape index (κ2) is 5.99. The van der Waals surface area contributed by atoms with Crippen LogP contribution in [0, 0.1) is 0 Å². The molecule has 0 fully saturated rings. The van der Waals surface area contributed by atoms with Crippen LogP contribution < -0.4 is 4.74 Å². The smallest absolute Gasteiger partial charge is 0.119 e. The fourth-order valence-electron chi connectivity index (χ4n) is 1.31. The van der Waals surface area contributed by atoms with E-state index in [0.29, 0.717) is 18.1 Å². The number of aliphatic hydroxyl groups is 1. The van der Waals surface area contributed by atoms with E-state index in [2.05, 4.69) is 6.92 Å². The molecular formula is C12H17ClO2. The van der Waals surface area contributed by atoms with E-state index >= 15 is 0 Å². The summed E-state index contributed by atoms with van der Waals surface area (Å²) in [4.78, 5) is 0. The molecule has 0 saturated heterocycles. The van der Waals surface area contributed by atoms with Crippen molar-refractivity contribution in [2.75, 3.05) is 6.61 Å². The summed E-state index contributed by atoms with van der Waals surface area (Å²) >= 11 is 5.99. The lowest BCUT2D eigenvalue weighted by Crippen LogP contribution is -1.99. The van der Waals surface area contributed by atoms with E-state index in [1.54, 1.807) is 6.07 Å². The third-order valence-corrected chi connectivity index (χ3v) is 2.53. The lowest BCUT2D eigenvalue weighted by Gasteiger charge is -2.12. The van der Waals surface area contributed by atoms with Gasteiger partial charge in [0.2, 0.25) is 0 Å². The monoisotopic (exact) mass is 228 g/mol. The number of hydrogen-bond donors (Lipinski definition) is 1. The van der Waals surface area contributed by atoms with E-state index in [1.807, 2.05) is 19.1 Å². The Morgan fingerprint density at radius 2 is 2.13 bits per heavy atom. The minimum absolute atomic E-state index is 0.511. The Morgan fingerprint density at radius 3 is 2.73 bits per heavy atom. The first kappa shape index (κ1) is 12.3. The maximum Gasteiger partial charge on any atom is 0.119 e. The number of ether oxygens (including phenoxy) is 1. The highest BCUT2D eigenvalue weighted by Crippen LogP contribution is 2.28. The molecule has 0 bridgehead atoms. The molecule has 15 heavy (non-hydrogen) atoms. The van der Waals surface area contributed by atoms with Gasteiger partial charge in [-0.15, -0.1) is 0 Å². The first-order valence-corrected chi connectivity index (χ1v) is 5.67. The van der Waals surface area contributed by atoms with Gasteiger partial charge in [0.25, 0.3) is 0 Å². The Morgan fingerprint density at radius 1 is 1.40 bits per heavy atom. The highest BCUT2D eigenvalue weighted by Gasteiger charge is 2.10. The molecule has 0 aliphatic rings. The molecule has 1 unspecified atom stereocenters. The minimum Gasteiger partial charge on any atom is -0.494 e. The van der Waals surface area contributed by atoms with Crippen LogP contribution in [-0.2, 0) is 0 Å². The van der Waals surface area contributed by atoms with Gasteiger partial charge in [0, 0.05) is 10.6 Å². The number of rotatable bonds is 5. The van der Waals surface area contributed by atoms with E-state index < -0.39 is 6.10 Å². The molecule has 2 nitrogen and oxygen atoms in total. The molecule has 0 heterocycles. The Balaban J connectivity index is 2.84. The quantitative estimate of drug-likeness (QED) is 0.835. The summed E-state index contributed by atoms with van der Waals surface area (Å²) in [7, 11) is 0. The van der Waals surface area contributed by atoms with Crippen LogP contribution in [0.15, 0.2) is 18.2 Å². The maximum absolute atomic E-state index is 9.72. The van der Waals surface area contributed by atoms with Crippen molar-refractivity contribution in [3.63, 3.8) is 0 Å². The average Bonchev–Trinajstić information content (AvgIpc) is 2.27. The molecular weight excluding hydrogens is 212 g/mol. The summed E-state index contributed by atoms with van der Waals surface area (Å²) in [6, 6.07) is 5.40. The van der Waals surface area contributed by atoms with Gasteiger partial charge in [-0.25, -0.2) is 0 Å². The minimum atomic E-state index is -0.511. The Bertz CT molecular complexity index is 312. The van der Waals surface area contributed by atoms with Gasteiger partial charge in [-0.2, -0.15) is 0 Å². The third-order valence-electron chi connectivity index (χ3n) is 2.19. The molecule has 0 amide bonds. The fourth-order valence-corrected chi connectivity index (χ4v) is 1.55. The van der Waals surface area contributed by atoms with Crippen LogP contribution in [0.1, 0.15) is 38.4 Å². The summed E-state index contributed by atoms with van der Waals surface area (Å²) in [6.07, 6.45) is 1.10. The van der Waals surface area contributed by atoms with Crippen molar-refractivity contribution in [1.82, 2.24) is 0 Å². The van der Waals surface area contributed by atoms with Crippen molar-refractivity contribution in [2.24, 2.45) is 0 Å². The van der Waals surface area contributed by atoms with Crippen LogP contribution in [0.3, 0.4) is 0 Å². The van der Waals surface area contributed by atoms with Gasteiger partial charge in [0.05, 0.1) is 12.7 Å². The summed E-state index contributed by atoms with van der Waals surface area (Å²) in [5.41, 5.74) is 0.743. The maximum atomic E-state index is 9.72. The van der Waals surface area contributed by atoms with Gasteiger partial charge in [-0.05, 0) is 31.0 Å². The van der Waals surface area contributed by atoms with Gasteiger partial charge < -0.3 is 9.84 Å². The standard InChI is InChI=1S/C12H17ClO2/c1-3-7-15-9-5-6-11(13)10(8-9)12(14)4-2/h5-6,8,12,14H,3-4,7H2,1-2H3. The van der Waals surface area contributed by atoms with Gasteiger partial charge in [-0.1, -0.05) is 25.4 Å². The first-order chi connectivity index (χ1) is 7.19. The Kier molecular flexibility index (Phi) is 4.92. The Labute approximate surface area is 95.8 Å². The third kappa shape index (κ3) is 3.40. The van der Waals surface area contributed by atoms with Crippen LogP contribution in [0.25, 0.3) is 0 Å². The van der Waals surface area contributed by atoms with Gasteiger partial charge in [0.15, 0.2) is 0 Å². The highest BCUT2D eigenvalue weighted by molar-refractivity contribution is 6.31. The van der Waals surface area contributed by atoms with Gasteiger partial charge >= 0.3 is 0 Å². The van der Waals surface area contributed by atoms with Crippen molar-refractivity contribution >= 4 is 11.6 Å². The molecule has 0 saturated carbocycles. The molecule has 1 atom stereocenters. The molecule has 3 heteroatoms. The van der Waals surface area contributed by atoms with Gasteiger partial charge in [0.1, 0.15) is 5.75 Å². The number of benzene rings is 1. The van der Waals surface area contributed by atoms with Crippen molar-refractivity contribution < 1.29 is 9.84 Å². The molecule has 1 aromatic carbocycles. The van der Waals surface area contributed by atoms with Crippen molar-refractivity contribution in [3.05, 3.63) is 28.8 Å². The summed E-state index contributed by atoms with van der Waals surface area (Å²) in [6.45, 7) is 4.65. The lowest BCUT2D eigenvalue weighted by atomic mass is 10.1. The molecule has 0 aliphatic heterocycles. The second-order valence-electron chi connectivity index (χ2n) is 3.46. The molecule has 1 rings (SSSR count). The zero-order valence-corrected chi connectivity index (χ0v) is 9.92. The SMILES string of the molecule is CCCOc1ccc(Cl)c(C(O)CC)c1. The molecule has 0 spiro atoms. The van der Waals surface area contributed by atoms with E-state index in [0.717, 1.165) is 17.7 Å². The van der Waals surface area contributed by atoms with Crippen LogP contribution in [0.5, 0.6) is 5.75 Å². The van der Waals surface area contributed by atoms with Crippen molar-refractivity contribution in [3.8, 4) is 5.75 Å². The van der Waals surface area contributed by atoms with Crippen LogP contribution >= 0.6 is 11.6 Å². The second-order valence-corrected chi connectivity index (χ2v) is 3.86. The van der Waals surface area contributed by atoms with Gasteiger partial charge in [-0.3, -0.25) is 0 Å². The number of halogens is 1. The molecule has 0 aliphatic carbocycles. The molecule has 0 aromatic heterocycles. The normalized spacial score (nSPS) is 12.5. The van der Waals surface area contributed by atoms with E-state index in [9.17, 15) is 5.11 Å². The number of aliphatic hydroxyl groups excluding tert-OH is 1. The zero-order chi connectivity index (χ0) is 11.3. The molecule has 1 aromatic rings. The Hall–Kier alpha value is -0.730. The first-order valence-electron chi connectivity index (χ1n) is 5.29. The summed E-state index contributed by atoms with van der Waals surface area (Å²) < 4.78 is 5.48. The van der Waals surface area contributed by atoms with Crippen LogP contribution in [-0.4, -0.2) is 11.7 Å². The van der Waals surface area contributed by atoms with E-state index in [1.165, 1.54) is 0 Å². The summed E-state index contributed by atoms with van der Waals surface area (Å²) in [5, 5.41) is 10.3. The van der Waals surface area contributed by atoms with Crippen molar-refractivity contribution in [1.29, 1.82) is 0 Å². The van der Waals surface area contributed by atoms with E-state index in [4.69, 9.17) is 16.3 Å². The lowest BCUT2D eigenvalue weighted by molar-refractivity contribution is 0.173. The predicted octanol–water partition coefficient (Wildman–Crippen LogP) is 3.57. The zero-order valence-electron chi connectivity index (χ0n) is 9.16. The number of hydrogen-bond acceptors (Lipinski definition) is 2. The van der Waals surface area contributed by atoms with Crippen LogP contribution in [0.2, 0.25) is 5.02 Å². The summed E-state index contributed by atoms with van der Waals surface area (Å²) in [5.74, 6) is 0.767. The molecule has 0 radical (unpaired) electrons. The fraction of sp³-hybridized carbons (Fsp3) is 0.500. The van der Waals surface area contributed by atoms with Crippen molar-refractivity contribution in [2.45, 2.75) is 32.8 Å². The molecule has 84 valence electrons.